The van der Waals surface area contributed by atoms with E-state index in [4.69, 9.17) is 15.0 Å². The van der Waals surface area contributed by atoms with Gasteiger partial charge in [0, 0.05) is 5.46 Å². The van der Waals surface area contributed by atoms with Crippen LogP contribution in [0.15, 0.2) is 12.1 Å². The van der Waals surface area contributed by atoms with Gasteiger partial charge in [-0.3, -0.25) is 0 Å². The highest BCUT2D eigenvalue weighted by atomic mass is 19.1. The Labute approximate surface area is 136 Å². The molecule has 0 aromatic heterocycles. The quantitative estimate of drug-likeness (QED) is 0.670. The maximum Gasteiger partial charge on any atom is 0.498 e. The molecule has 0 bridgehead atoms. The van der Waals surface area contributed by atoms with E-state index in [2.05, 4.69) is 4.74 Å². The van der Waals surface area contributed by atoms with Crippen molar-refractivity contribution in [1.29, 1.82) is 0 Å². The number of esters is 1. The first-order chi connectivity index (χ1) is 10.6. The summed E-state index contributed by atoms with van der Waals surface area (Å²) in [5.41, 5.74) is 5.14. The van der Waals surface area contributed by atoms with Crippen molar-refractivity contribution in [2.24, 2.45) is 5.73 Å². The lowest BCUT2D eigenvalue weighted by atomic mass is 9.74. The van der Waals surface area contributed by atoms with Crippen molar-refractivity contribution < 1.29 is 23.2 Å². The van der Waals surface area contributed by atoms with Gasteiger partial charge in [0.25, 0.3) is 0 Å². The Balaban J connectivity index is 2.53. The van der Waals surface area contributed by atoms with E-state index in [0.29, 0.717) is 18.5 Å². The smallest absolute Gasteiger partial charge is 0.465 e. The summed E-state index contributed by atoms with van der Waals surface area (Å²) in [5.74, 6) is -1.42. The van der Waals surface area contributed by atoms with Crippen LogP contribution in [-0.2, 0) is 20.5 Å². The number of ether oxygens (including phenoxy) is 1. The van der Waals surface area contributed by atoms with Crippen LogP contribution in [-0.4, -0.2) is 37.9 Å². The number of nitrogens with two attached hydrogens (primary N) is 1. The van der Waals surface area contributed by atoms with Gasteiger partial charge in [0.15, 0.2) is 0 Å². The number of carbonyl (C=O) groups is 1. The zero-order valence-corrected chi connectivity index (χ0v) is 14.2. The van der Waals surface area contributed by atoms with Crippen LogP contribution in [0.25, 0.3) is 0 Å². The van der Waals surface area contributed by atoms with Gasteiger partial charge in [-0.05, 0) is 52.3 Å². The van der Waals surface area contributed by atoms with Crippen LogP contribution in [0.3, 0.4) is 0 Å². The van der Waals surface area contributed by atoms with Gasteiger partial charge in [-0.15, -0.1) is 0 Å². The fourth-order valence-electron chi connectivity index (χ4n) is 2.49. The lowest BCUT2D eigenvalue weighted by Crippen LogP contribution is -2.41. The van der Waals surface area contributed by atoms with E-state index < -0.39 is 30.1 Å². The molecular formula is C16H23BFNO4. The van der Waals surface area contributed by atoms with Gasteiger partial charge in [-0.2, -0.15) is 0 Å². The Morgan fingerprint density at radius 2 is 1.83 bits per heavy atom. The summed E-state index contributed by atoms with van der Waals surface area (Å²) in [6, 6.07) is 3.07. The van der Waals surface area contributed by atoms with Crippen molar-refractivity contribution in [3.63, 3.8) is 0 Å². The molecule has 2 N–H and O–H groups in total. The molecule has 0 atom stereocenters. The standard InChI is InChI=1S/C16H23BFNO4/c1-15(2)16(3,4)23-17(22-15)12-10(8-9-19)6-7-11(13(12)18)14(20)21-5/h6-7H,8-9,19H2,1-5H3. The number of hydrogen-bond acceptors (Lipinski definition) is 5. The molecule has 0 amide bonds. The second-order valence-electron chi connectivity index (χ2n) is 6.62. The normalized spacial score (nSPS) is 19.0. The molecule has 7 heteroatoms. The predicted octanol–water partition coefficient (Wildman–Crippen LogP) is 1.41. The van der Waals surface area contributed by atoms with Crippen molar-refractivity contribution in [3.8, 4) is 0 Å². The summed E-state index contributed by atoms with van der Waals surface area (Å²) >= 11 is 0. The molecular weight excluding hydrogens is 300 g/mol. The van der Waals surface area contributed by atoms with Crippen LogP contribution in [0.2, 0.25) is 0 Å². The molecule has 1 aromatic rings. The topological polar surface area (TPSA) is 70.8 Å². The highest BCUT2D eigenvalue weighted by Crippen LogP contribution is 2.37. The number of rotatable bonds is 4. The Bertz CT molecular complexity index is 602. The van der Waals surface area contributed by atoms with Crippen molar-refractivity contribution in [2.45, 2.75) is 45.3 Å². The van der Waals surface area contributed by atoms with Crippen LogP contribution in [0.4, 0.5) is 4.39 Å². The number of hydrogen-bond donors (Lipinski definition) is 1. The third kappa shape index (κ3) is 3.13. The second-order valence-corrected chi connectivity index (χ2v) is 6.62. The molecule has 23 heavy (non-hydrogen) atoms. The van der Waals surface area contributed by atoms with Gasteiger partial charge in [0.1, 0.15) is 5.82 Å². The molecule has 0 spiro atoms. The van der Waals surface area contributed by atoms with Crippen LogP contribution in [0.5, 0.6) is 0 Å². The van der Waals surface area contributed by atoms with Gasteiger partial charge < -0.3 is 19.8 Å². The van der Waals surface area contributed by atoms with Crippen molar-refractivity contribution in [1.82, 2.24) is 0 Å². The predicted molar refractivity (Wildman–Crippen MR) is 86.2 cm³/mol. The maximum atomic E-state index is 14.9. The SMILES string of the molecule is COC(=O)c1ccc(CCN)c(B2OC(C)(C)C(C)(C)O2)c1F. The Morgan fingerprint density at radius 3 is 2.30 bits per heavy atom. The summed E-state index contributed by atoms with van der Waals surface area (Å²) < 4.78 is 31.4. The number of benzene rings is 1. The molecule has 5 nitrogen and oxygen atoms in total. The lowest BCUT2D eigenvalue weighted by Gasteiger charge is -2.32. The highest BCUT2D eigenvalue weighted by Gasteiger charge is 2.53. The minimum Gasteiger partial charge on any atom is -0.465 e. The maximum absolute atomic E-state index is 14.9. The minimum atomic E-state index is -0.897. The first-order valence-corrected chi connectivity index (χ1v) is 7.60. The Kier molecular flexibility index (Phi) is 4.85. The fraction of sp³-hybridized carbons (Fsp3) is 0.562. The van der Waals surface area contributed by atoms with Crippen LogP contribution < -0.4 is 11.2 Å². The van der Waals surface area contributed by atoms with Gasteiger partial charge in [-0.25, -0.2) is 9.18 Å². The number of halogens is 1. The summed E-state index contributed by atoms with van der Waals surface area (Å²) in [7, 11) is 0.315. The average Bonchev–Trinajstić information content (AvgIpc) is 2.67. The molecule has 1 fully saturated rings. The van der Waals surface area contributed by atoms with Crippen molar-refractivity contribution >= 4 is 18.6 Å². The molecule has 1 heterocycles. The van der Waals surface area contributed by atoms with E-state index in [0.717, 1.165) is 0 Å². The third-order valence-electron chi connectivity index (χ3n) is 4.58. The largest absolute Gasteiger partial charge is 0.498 e. The fourth-order valence-corrected chi connectivity index (χ4v) is 2.49. The van der Waals surface area contributed by atoms with E-state index in [1.54, 1.807) is 6.07 Å². The average molecular weight is 323 g/mol. The Morgan fingerprint density at radius 1 is 1.26 bits per heavy atom. The van der Waals surface area contributed by atoms with E-state index in [1.807, 2.05) is 27.7 Å². The van der Waals surface area contributed by atoms with Crippen LogP contribution >= 0.6 is 0 Å². The molecule has 126 valence electrons. The molecule has 1 saturated heterocycles. The van der Waals surface area contributed by atoms with Gasteiger partial charge in [-0.1, -0.05) is 6.07 Å². The van der Waals surface area contributed by atoms with Crippen LogP contribution in [0.1, 0.15) is 43.6 Å². The minimum absolute atomic E-state index is 0.141. The van der Waals surface area contributed by atoms with Crippen molar-refractivity contribution in [2.75, 3.05) is 13.7 Å². The molecule has 0 radical (unpaired) electrons. The first kappa shape index (κ1) is 17.9. The molecule has 1 aliphatic rings. The van der Waals surface area contributed by atoms with Gasteiger partial charge in [0.2, 0.25) is 0 Å². The number of methoxy groups -OCH3 is 1. The summed E-state index contributed by atoms with van der Waals surface area (Å²) in [4.78, 5) is 11.8. The van der Waals surface area contributed by atoms with E-state index in [9.17, 15) is 9.18 Å². The Hall–Kier alpha value is -1.44. The van der Waals surface area contributed by atoms with Gasteiger partial charge >= 0.3 is 13.1 Å². The molecule has 0 saturated carbocycles. The number of carbonyl (C=O) groups excluding carboxylic acids is 1. The molecule has 2 rings (SSSR count). The lowest BCUT2D eigenvalue weighted by molar-refractivity contribution is 0.00578. The summed E-state index contributed by atoms with van der Waals surface area (Å²) in [5, 5.41) is 0. The van der Waals surface area contributed by atoms with E-state index in [-0.39, 0.29) is 11.0 Å². The van der Waals surface area contributed by atoms with Crippen molar-refractivity contribution in [3.05, 3.63) is 29.1 Å². The third-order valence-corrected chi connectivity index (χ3v) is 4.58. The summed E-state index contributed by atoms with van der Waals surface area (Å²) in [6.45, 7) is 7.90. The molecule has 0 aliphatic carbocycles. The first-order valence-electron chi connectivity index (χ1n) is 7.60. The van der Waals surface area contributed by atoms with Crippen LogP contribution in [0, 0.1) is 5.82 Å². The summed E-state index contributed by atoms with van der Waals surface area (Å²) in [6.07, 6.45) is 0.456. The van der Waals surface area contributed by atoms with E-state index >= 15 is 0 Å². The van der Waals surface area contributed by atoms with Gasteiger partial charge in [0.05, 0.1) is 23.9 Å². The highest BCUT2D eigenvalue weighted by molar-refractivity contribution is 6.62. The molecule has 1 aliphatic heterocycles. The molecule has 1 aromatic carbocycles. The second kappa shape index (κ2) is 6.22. The molecule has 0 unspecified atom stereocenters. The van der Waals surface area contributed by atoms with E-state index in [1.165, 1.54) is 13.2 Å². The monoisotopic (exact) mass is 323 g/mol. The zero-order valence-electron chi connectivity index (χ0n) is 14.2. The zero-order chi connectivity index (χ0) is 17.4.